The van der Waals surface area contributed by atoms with E-state index >= 15 is 0 Å². The van der Waals surface area contributed by atoms with Gasteiger partial charge in [0.2, 0.25) is 0 Å². The highest BCUT2D eigenvalue weighted by Gasteiger charge is 2.39. The molecular formula is C12H23NO4. The summed E-state index contributed by atoms with van der Waals surface area (Å²) in [4.78, 5) is 13.4. The van der Waals surface area contributed by atoms with Crippen molar-refractivity contribution >= 4 is 6.09 Å². The Hall–Kier alpha value is -0.810. The van der Waals surface area contributed by atoms with Gasteiger partial charge in [-0.3, -0.25) is 4.90 Å². The molecule has 0 aromatic heterocycles. The van der Waals surface area contributed by atoms with Crippen molar-refractivity contribution in [2.75, 3.05) is 6.73 Å². The minimum absolute atomic E-state index is 0.0907. The Bertz CT molecular complexity index is 272. The number of hydrogen-bond acceptors (Lipinski definition) is 4. The Balaban J connectivity index is 2.65. The van der Waals surface area contributed by atoms with Gasteiger partial charge in [-0.15, -0.1) is 0 Å². The molecule has 1 heterocycles. The third-order valence-electron chi connectivity index (χ3n) is 2.45. The van der Waals surface area contributed by atoms with Crippen LogP contribution in [0.15, 0.2) is 0 Å². The second kappa shape index (κ2) is 5.23. The van der Waals surface area contributed by atoms with E-state index in [9.17, 15) is 9.90 Å². The summed E-state index contributed by atoms with van der Waals surface area (Å²) in [5.41, 5.74) is -0.535. The van der Waals surface area contributed by atoms with Crippen molar-refractivity contribution in [2.24, 2.45) is 5.92 Å². The van der Waals surface area contributed by atoms with Crippen LogP contribution >= 0.6 is 0 Å². The van der Waals surface area contributed by atoms with E-state index in [0.29, 0.717) is 12.3 Å². The molecule has 5 heteroatoms. The van der Waals surface area contributed by atoms with Crippen LogP contribution in [0.2, 0.25) is 0 Å². The van der Waals surface area contributed by atoms with Gasteiger partial charge in [0, 0.05) is 0 Å². The summed E-state index contributed by atoms with van der Waals surface area (Å²) in [5, 5.41) is 9.68. The summed E-state index contributed by atoms with van der Waals surface area (Å²) in [7, 11) is 0. The van der Waals surface area contributed by atoms with Crippen molar-refractivity contribution in [1.29, 1.82) is 0 Å². The molecular weight excluding hydrogens is 222 g/mol. The molecule has 2 atom stereocenters. The molecule has 0 radical (unpaired) electrons. The monoisotopic (exact) mass is 245 g/mol. The van der Waals surface area contributed by atoms with Crippen molar-refractivity contribution in [1.82, 2.24) is 4.90 Å². The fourth-order valence-corrected chi connectivity index (χ4v) is 1.75. The molecule has 0 spiro atoms. The van der Waals surface area contributed by atoms with Crippen molar-refractivity contribution in [3.8, 4) is 0 Å². The van der Waals surface area contributed by atoms with E-state index in [1.165, 1.54) is 4.90 Å². The second-order valence-corrected chi connectivity index (χ2v) is 5.83. The summed E-state index contributed by atoms with van der Waals surface area (Å²) < 4.78 is 10.4. The standard InChI is InChI=1S/C12H23NO4/c1-8(2)6-9-10(14)16-7-13(9)11(15)17-12(3,4)5/h8-10,14H,6-7H2,1-5H3/t9-,10?/m0/s1. The van der Waals surface area contributed by atoms with Gasteiger partial charge in [0.25, 0.3) is 0 Å². The number of amides is 1. The molecule has 0 aromatic carbocycles. The molecule has 5 nitrogen and oxygen atoms in total. The molecule has 1 rings (SSSR count). The fourth-order valence-electron chi connectivity index (χ4n) is 1.75. The lowest BCUT2D eigenvalue weighted by Gasteiger charge is -2.28. The SMILES string of the molecule is CC(C)C[C@H]1C(O)OCN1C(=O)OC(C)(C)C. The Labute approximate surface area is 103 Å². The number of aliphatic hydroxyl groups excluding tert-OH is 1. The van der Waals surface area contributed by atoms with Gasteiger partial charge < -0.3 is 14.6 Å². The van der Waals surface area contributed by atoms with Gasteiger partial charge in [-0.1, -0.05) is 13.8 Å². The number of aliphatic hydroxyl groups is 1. The van der Waals surface area contributed by atoms with Crippen LogP contribution in [0.4, 0.5) is 4.79 Å². The normalized spacial score (nSPS) is 25.5. The number of nitrogens with zero attached hydrogens (tertiary/aromatic N) is 1. The van der Waals surface area contributed by atoms with Crippen LogP contribution in [0, 0.1) is 5.92 Å². The van der Waals surface area contributed by atoms with E-state index in [1.807, 2.05) is 34.6 Å². The first-order chi connectivity index (χ1) is 7.70. The molecule has 17 heavy (non-hydrogen) atoms. The highest BCUT2D eigenvalue weighted by Crippen LogP contribution is 2.24. The van der Waals surface area contributed by atoms with Crippen LogP contribution in [-0.4, -0.2) is 40.8 Å². The van der Waals surface area contributed by atoms with Gasteiger partial charge in [-0.2, -0.15) is 0 Å². The predicted octanol–water partition coefficient (Wildman–Crippen LogP) is 1.94. The van der Waals surface area contributed by atoms with Crippen molar-refractivity contribution in [2.45, 2.75) is 59.0 Å². The third-order valence-corrected chi connectivity index (χ3v) is 2.45. The smallest absolute Gasteiger partial charge is 0.412 e. The van der Waals surface area contributed by atoms with Gasteiger partial charge >= 0.3 is 6.09 Å². The molecule has 100 valence electrons. The maximum atomic E-state index is 11.9. The average molecular weight is 245 g/mol. The lowest BCUT2D eigenvalue weighted by Crippen LogP contribution is -2.43. The fraction of sp³-hybridized carbons (Fsp3) is 0.917. The topological polar surface area (TPSA) is 59.0 Å². The first-order valence-corrected chi connectivity index (χ1v) is 6.00. The van der Waals surface area contributed by atoms with Gasteiger partial charge in [-0.25, -0.2) is 4.79 Å². The first kappa shape index (κ1) is 14.3. The van der Waals surface area contributed by atoms with E-state index in [0.717, 1.165) is 0 Å². The van der Waals surface area contributed by atoms with Crippen LogP contribution in [-0.2, 0) is 9.47 Å². The largest absolute Gasteiger partial charge is 0.444 e. The predicted molar refractivity (Wildman–Crippen MR) is 63.3 cm³/mol. The van der Waals surface area contributed by atoms with Crippen LogP contribution in [0.5, 0.6) is 0 Å². The minimum Gasteiger partial charge on any atom is -0.444 e. The second-order valence-electron chi connectivity index (χ2n) is 5.83. The van der Waals surface area contributed by atoms with E-state index in [2.05, 4.69) is 0 Å². The molecule has 0 aliphatic carbocycles. The van der Waals surface area contributed by atoms with Crippen LogP contribution in [0.3, 0.4) is 0 Å². The molecule has 1 amide bonds. The van der Waals surface area contributed by atoms with Crippen molar-refractivity contribution in [3.05, 3.63) is 0 Å². The lowest BCUT2D eigenvalue weighted by atomic mass is 10.0. The van der Waals surface area contributed by atoms with E-state index in [-0.39, 0.29) is 12.8 Å². The molecule has 1 fully saturated rings. The van der Waals surface area contributed by atoms with Crippen molar-refractivity contribution in [3.63, 3.8) is 0 Å². The zero-order valence-corrected chi connectivity index (χ0v) is 11.3. The zero-order chi connectivity index (χ0) is 13.2. The van der Waals surface area contributed by atoms with Gasteiger partial charge in [0.15, 0.2) is 6.29 Å². The van der Waals surface area contributed by atoms with E-state index < -0.39 is 18.0 Å². The third kappa shape index (κ3) is 4.16. The molecule has 0 bridgehead atoms. The highest BCUT2D eigenvalue weighted by atomic mass is 16.6. The summed E-state index contributed by atoms with van der Waals surface area (Å²) in [6.07, 6.45) is -0.648. The average Bonchev–Trinajstić information content (AvgIpc) is 2.44. The molecule has 0 saturated carbocycles. The maximum Gasteiger partial charge on any atom is 0.412 e. The summed E-state index contributed by atoms with van der Waals surface area (Å²) >= 11 is 0. The Morgan fingerprint density at radius 1 is 1.53 bits per heavy atom. The minimum atomic E-state index is -0.912. The van der Waals surface area contributed by atoms with E-state index in [4.69, 9.17) is 9.47 Å². The van der Waals surface area contributed by atoms with Gasteiger partial charge in [0.1, 0.15) is 12.3 Å². The quantitative estimate of drug-likeness (QED) is 0.807. The molecule has 0 aromatic rings. The van der Waals surface area contributed by atoms with Crippen LogP contribution in [0.25, 0.3) is 0 Å². The lowest BCUT2D eigenvalue weighted by molar-refractivity contribution is -0.0694. The summed E-state index contributed by atoms with van der Waals surface area (Å²) in [6.45, 7) is 9.62. The molecule has 1 unspecified atom stereocenters. The maximum absolute atomic E-state index is 11.9. The number of hydrogen-bond donors (Lipinski definition) is 1. The molecule has 1 aliphatic heterocycles. The Morgan fingerprint density at radius 2 is 2.12 bits per heavy atom. The van der Waals surface area contributed by atoms with Crippen molar-refractivity contribution < 1.29 is 19.4 Å². The first-order valence-electron chi connectivity index (χ1n) is 6.00. The van der Waals surface area contributed by atoms with E-state index in [1.54, 1.807) is 0 Å². The number of ether oxygens (including phenoxy) is 2. The molecule has 1 N–H and O–H groups in total. The highest BCUT2D eigenvalue weighted by molar-refractivity contribution is 5.68. The zero-order valence-electron chi connectivity index (χ0n) is 11.3. The van der Waals surface area contributed by atoms with Crippen LogP contribution in [0.1, 0.15) is 41.0 Å². The Morgan fingerprint density at radius 3 is 2.59 bits per heavy atom. The number of carbonyl (C=O) groups excluding carboxylic acids is 1. The summed E-state index contributed by atoms with van der Waals surface area (Å²) in [5.74, 6) is 0.376. The van der Waals surface area contributed by atoms with Gasteiger partial charge in [0.05, 0.1) is 6.04 Å². The number of carbonyl (C=O) groups is 1. The summed E-state index contributed by atoms with van der Waals surface area (Å²) in [6, 6.07) is -0.315. The molecule has 1 aliphatic rings. The number of rotatable bonds is 2. The van der Waals surface area contributed by atoms with Gasteiger partial charge in [-0.05, 0) is 33.1 Å². The van der Waals surface area contributed by atoms with Crippen LogP contribution < -0.4 is 0 Å². The Kier molecular flexibility index (Phi) is 4.38. The molecule has 1 saturated heterocycles.